The van der Waals surface area contributed by atoms with E-state index < -0.39 is 58.1 Å². The molecule has 0 amide bonds. The van der Waals surface area contributed by atoms with Gasteiger partial charge in [0.2, 0.25) is 0 Å². The van der Waals surface area contributed by atoms with Gasteiger partial charge >= 0.3 is 18.5 Å². The monoisotopic (exact) mass is 805 g/mol. The zero-order valence-electron chi connectivity index (χ0n) is 35.8. The Bertz CT molecular complexity index is 1250. The van der Waals surface area contributed by atoms with Crippen molar-refractivity contribution in [2.24, 2.45) is 11.1 Å². The standard InChI is InChI=1S/C40H71NO15/c1-12-28(18-29-21-46-32(42)54-29)45-16-14-35(3,4)51-25-40(13-2,27-53-38(9,10)24-50-37(7,8)19-30-22-47-33(43)55-30)26-52-36(5,6)15-17-49-39(11,41)20-31-23-48-34(44)56-31/h28-31H,12-27,41H2,1-11H3. The molecule has 0 aromatic heterocycles. The summed E-state index contributed by atoms with van der Waals surface area (Å²) in [6.07, 6.45) is 0.853. The molecule has 3 aliphatic rings. The largest absolute Gasteiger partial charge is 0.508 e. The number of rotatable bonds is 28. The fraction of sp³-hybridized carbons (Fsp3) is 0.925. The third-order valence-electron chi connectivity index (χ3n) is 10.3. The molecule has 3 aliphatic heterocycles. The summed E-state index contributed by atoms with van der Waals surface area (Å²) in [7, 11) is 0. The summed E-state index contributed by atoms with van der Waals surface area (Å²) in [5.41, 5.74) is 2.43. The van der Waals surface area contributed by atoms with Gasteiger partial charge in [0, 0.05) is 31.3 Å². The minimum atomic E-state index is -1.02. The van der Waals surface area contributed by atoms with Gasteiger partial charge in [-0.15, -0.1) is 0 Å². The molecule has 16 nitrogen and oxygen atoms in total. The Balaban J connectivity index is 1.61. The maximum atomic E-state index is 11.4. The lowest BCUT2D eigenvalue weighted by molar-refractivity contribution is -0.182. The van der Waals surface area contributed by atoms with Crippen LogP contribution in [0.1, 0.15) is 121 Å². The molecule has 0 aliphatic carbocycles. The zero-order valence-corrected chi connectivity index (χ0v) is 35.8. The second-order valence-corrected chi connectivity index (χ2v) is 18.2. The highest BCUT2D eigenvalue weighted by molar-refractivity contribution is 5.62. The van der Waals surface area contributed by atoms with Gasteiger partial charge < -0.3 is 62.6 Å². The van der Waals surface area contributed by atoms with Crippen molar-refractivity contribution in [3.05, 3.63) is 0 Å². The molecular formula is C40H71NO15. The summed E-state index contributed by atoms with van der Waals surface area (Å²) < 4.78 is 68.8. The lowest BCUT2D eigenvalue weighted by Gasteiger charge is -2.41. The second-order valence-electron chi connectivity index (χ2n) is 18.2. The lowest BCUT2D eigenvalue weighted by atomic mass is 9.86. The third kappa shape index (κ3) is 17.6. The molecule has 56 heavy (non-hydrogen) atoms. The molecule has 0 radical (unpaired) electrons. The smallest absolute Gasteiger partial charge is 0.430 e. The van der Waals surface area contributed by atoms with Crippen LogP contribution in [-0.4, -0.2) is 130 Å². The summed E-state index contributed by atoms with van der Waals surface area (Å²) in [5, 5.41) is 0. The topological polar surface area (TPSA) is 188 Å². The molecule has 3 saturated heterocycles. The number of carbonyl (C=O) groups excluding carboxylic acids is 3. The number of hydrogen-bond donors (Lipinski definition) is 1. The van der Waals surface area contributed by atoms with Crippen molar-refractivity contribution in [1.29, 1.82) is 0 Å². The van der Waals surface area contributed by atoms with Gasteiger partial charge in [0.05, 0.1) is 61.5 Å². The van der Waals surface area contributed by atoms with Gasteiger partial charge in [-0.1, -0.05) is 13.8 Å². The van der Waals surface area contributed by atoms with Gasteiger partial charge in [0.1, 0.15) is 43.9 Å². The Morgan fingerprint density at radius 2 is 1.04 bits per heavy atom. The summed E-state index contributed by atoms with van der Waals surface area (Å²) in [5.74, 6) is 0. The highest BCUT2D eigenvalue weighted by Gasteiger charge is 2.39. The van der Waals surface area contributed by atoms with Crippen molar-refractivity contribution in [3.63, 3.8) is 0 Å². The van der Waals surface area contributed by atoms with Gasteiger partial charge in [0.15, 0.2) is 0 Å². The summed E-state index contributed by atoms with van der Waals surface area (Å²) in [6.45, 7) is 24.6. The first-order chi connectivity index (χ1) is 25.9. The summed E-state index contributed by atoms with van der Waals surface area (Å²) >= 11 is 0. The maximum Gasteiger partial charge on any atom is 0.508 e. The van der Waals surface area contributed by atoms with Crippen LogP contribution in [0.2, 0.25) is 0 Å². The molecule has 326 valence electrons. The van der Waals surface area contributed by atoms with E-state index in [-0.39, 0.29) is 38.1 Å². The molecular weight excluding hydrogens is 734 g/mol. The molecule has 16 heteroatoms. The summed E-state index contributed by atoms with van der Waals surface area (Å²) in [4.78, 5) is 34.1. The van der Waals surface area contributed by atoms with E-state index in [1.807, 2.05) is 62.3 Å². The second kappa shape index (κ2) is 20.5. The van der Waals surface area contributed by atoms with Crippen molar-refractivity contribution in [2.45, 2.75) is 174 Å². The Kier molecular flexibility index (Phi) is 17.5. The molecule has 0 bridgehead atoms. The van der Waals surface area contributed by atoms with E-state index in [9.17, 15) is 14.4 Å². The van der Waals surface area contributed by atoms with E-state index in [1.165, 1.54) is 0 Å². The molecule has 0 spiro atoms. The average molecular weight is 806 g/mol. The molecule has 3 heterocycles. The van der Waals surface area contributed by atoms with Crippen LogP contribution in [0, 0.1) is 5.41 Å². The third-order valence-corrected chi connectivity index (χ3v) is 10.3. The van der Waals surface area contributed by atoms with E-state index in [0.29, 0.717) is 78.2 Å². The van der Waals surface area contributed by atoms with E-state index in [0.717, 1.165) is 6.42 Å². The Morgan fingerprint density at radius 3 is 1.50 bits per heavy atom. The predicted octanol–water partition coefficient (Wildman–Crippen LogP) is 6.61. The van der Waals surface area contributed by atoms with Gasteiger partial charge in [0.25, 0.3) is 0 Å². The molecule has 3 rings (SSSR count). The van der Waals surface area contributed by atoms with Crippen LogP contribution in [0.5, 0.6) is 0 Å². The molecule has 2 N–H and O–H groups in total. The van der Waals surface area contributed by atoms with Gasteiger partial charge in [-0.05, 0) is 88.0 Å². The van der Waals surface area contributed by atoms with Crippen molar-refractivity contribution in [2.75, 3.05) is 59.5 Å². The van der Waals surface area contributed by atoms with Crippen molar-refractivity contribution in [1.82, 2.24) is 0 Å². The average Bonchev–Trinajstić information content (AvgIpc) is 3.83. The quantitative estimate of drug-likeness (QED) is 0.0505. The van der Waals surface area contributed by atoms with Gasteiger partial charge in [-0.25, -0.2) is 14.4 Å². The minimum Gasteiger partial charge on any atom is -0.430 e. The van der Waals surface area contributed by atoms with E-state index in [4.69, 9.17) is 62.6 Å². The van der Waals surface area contributed by atoms with Gasteiger partial charge in [-0.3, -0.25) is 0 Å². The first-order valence-electron chi connectivity index (χ1n) is 20.0. The highest BCUT2D eigenvalue weighted by atomic mass is 16.8. The van der Waals surface area contributed by atoms with Crippen molar-refractivity contribution < 1.29 is 71.2 Å². The fourth-order valence-electron chi connectivity index (χ4n) is 6.21. The van der Waals surface area contributed by atoms with Crippen LogP contribution < -0.4 is 5.73 Å². The van der Waals surface area contributed by atoms with Crippen molar-refractivity contribution >= 4 is 18.5 Å². The van der Waals surface area contributed by atoms with E-state index >= 15 is 0 Å². The molecule has 0 aromatic rings. The highest BCUT2D eigenvalue weighted by Crippen LogP contribution is 2.33. The number of ether oxygens (including phenoxy) is 12. The van der Waals surface area contributed by atoms with Crippen LogP contribution in [0.25, 0.3) is 0 Å². The maximum absolute atomic E-state index is 11.4. The van der Waals surface area contributed by atoms with Crippen LogP contribution in [0.15, 0.2) is 0 Å². The molecule has 6 atom stereocenters. The van der Waals surface area contributed by atoms with E-state index in [2.05, 4.69) is 6.92 Å². The Morgan fingerprint density at radius 1 is 0.589 bits per heavy atom. The van der Waals surface area contributed by atoms with Crippen molar-refractivity contribution in [3.8, 4) is 0 Å². The fourth-order valence-corrected chi connectivity index (χ4v) is 6.21. The molecule has 6 unspecified atom stereocenters. The molecule has 3 fully saturated rings. The number of cyclic esters (lactones) is 6. The normalized spacial score (nSPS) is 23.4. The van der Waals surface area contributed by atoms with Crippen LogP contribution in [0.4, 0.5) is 14.4 Å². The molecule has 0 aromatic carbocycles. The molecule has 0 saturated carbocycles. The number of nitrogens with two attached hydrogens (primary N) is 1. The van der Waals surface area contributed by atoms with Crippen LogP contribution >= 0.6 is 0 Å². The minimum absolute atomic E-state index is 0.0737. The first kappa shape index (κ1) is 47.9. The number of carbonyl (C=O) groups is 3. The van der Waals surface area contributed by atoms with Crippen LogP contribution in [0.3, 0.4) is 0 Å². The SMILES string of the molecule is CCC(CC1COC(=O)O1)OCCC(C)(C)OCC(CC)(COC(C)(C)CCOC(C)(N)CC1COC(=O)O1)COC(C)(C)COC(C)(C)CC1COC(=O)O1. The first-order valence-corrected chi connectivity index (χ1v) is 20.0. The van der Waals surface area contributed by atoms with E-state index in [1.54, 1.807) is 6.92 Å². The number of hydrogen-bond acceptors (Lipinski definition) is 16. The van der Waals surface area contributed by atoms with Gasteiger partial charge in [-0.2, -0.15) is 0 Å². The summed E-state index contributed by atoms with van der Waals surface area (Å²) in [6, 6.07) is 0. The van der Waals surface area contributed by atoms with Crippen LogP contribution in [-0.2, 0) is 56.8 Å². The zero-order chi connectivity index (χ0) is 41.8. The lowest BCUT2D eigenvalue weighted by Crippen LogP contribution is -2.47. The Labute approximate surface area is 333 Å². The predicted molar refractivity (Wildman–Crippen MR) is 203 cm³/mol. The Hall–Kier alpha value is -2.47.